The number of ketones is 1. The van der Waals surface area contributed by atoms with E-state index in [4.69, 9.17) is 0 Å². The summed E-state index contributed by atoms with van der Waals surface area (Å²) in [5.41, 5.74) is 0. The number of thiophene rings is 2. The summed E-state index contributed by atoms with van der Waals surface area (Å²) in [5, 5.41) is 0. The molecule has 4 bridgehead atoms. The number of carbonyl (C=O) groups excluding carboxylic acids is 1. The van der Waals surface area contributed by atoms with Crippen LogP contribution >= 0.6 is 22.7 Å². The van der Waals surface area contributed by atoms with E-state index in [0.717, 1.165) is 19.3 Å². The van der Waals surface area contributed by atoms with Crippen LogP contribution in [0.3, 0.4) is 0 Å². The van der Waals surface area contributed by atoms with Crippen LogP contribution in [0, 0.1) is 0 Å². The second kappa shape index (κ2) is 5.21. The van der Waals surface area contributed by atoms with Gasteiger partial charge >= 0.3 is 0 Å². The zero-order valence-corrected chi connectivity index (χ0v) is 11.7. The largest absolute Gasteiger partial charge is 0.295 e. The first-order valence-electron chi connectivity index (χ1n) is 6.17. The molecule has 92 valence electrons. The maximum Gasteiger partial charge on any atom is 0.156 e. The van der Waals surface area contributed by atoms with Gasteiger partial charge < -0.3 is 0 Å². The van der Waals surface area contributed by atoms with Crippen molar-refractivity contribution in [1.29, 1.82) is 0 Å². The van der Waals surface area contributed by atoms with Crippen molar-refractivity contribution in [2.75, 3.05) is 0 Å². The molecule has 0 spiro atoms. The number of rotatable bonds is 0. The molecule has 0 saturated heterocycles. The lowest BCUT2D eigenvalue weighted by atomic mass is 10.2. The molecule has 0 radical (unpaired) electrons. The molecule has 3 rings (SSSR count). The summed E-state index contributed by atoms with van der Waals surface area (Å²) in [6.45, 7) is 0. The molecule has 0 saturated carbocycles. The third-order valence-corrected chi connectivity index (χ3v) is 5.38. The van der Waals surface area contributed by atoms with E-state index in [9.17, 15) is 4.79 Å². The predicted octanol–water partition coefficient (Wildman–Crippen LogP) is 4.12. The van der Waals surface area contributed by atoms with Crippen molar-refractivity contribution in [2.45, 2.75) is 25.7 Å². The average Bonchev–Trinajstić information content (AvgIpc) is 3.00. The summed E-state index contributed by atoms with van der Waals surface area (Å²) in [5.74, 6) is 0.221. The van der Waals surface area contributed by atoms with Crippen molar-refractivity contribution in [3.8, 4) is 0 Å². The summed E-state index contributed by atoms with van der Waals surface area (Å²) in [6, 6.07) is 8.66. The molecular formula is C15H14OS2. The van der Waals surface area contributed by atoms with E-state index < -0.39 is 0 Å². The molecule has 1 nitrogen and oxygen atoms in total. The third-order valence-electron chi connectivity index (χ3n) is 3.07. The van der Waals surface area contributed by atoms with Crippen molar-refractivity contribution in [3.05, 3.63) is 49.9 Å². The van der Waals surface area contributed by atoms with Gasteiger partial charge in [0.1, 0.15) is 0 Å². The predicted molar refractivity (Wildman–Crippen MR) is 78.4 cm³/mol. The highest BCUT2D eigenvalue weighted by atomic mass is 32.1. The SMILES string of the molecule is O=C1/C=C\c2ccc(s2)CCc2ccc(s2)CC1. The maximum atomic E-state index is 11.7. The topological polar surface area (TPSA) is 17.1 Å². The molecule has 2 aromatic rings. The fourth-order valence-electron chi connectivity index (χ4n) is 2.06. The number of hydrogen-bond donors (Lipinski definition) is 0. The van der Waals surface area contributed by atoms with E-state index in [-0.39, 0.29) is 5.78 Å². The van der Waals surface area contributed by atoms with E-state index in [0.29, 0.717) is 6.42 Å². The summed E-state index contributed by atoms with van der Waals surface area (Å²) in [7, 11) is 0. The number of fused-ring (bicyclic) bond motifs is 4. The molecule has 0 aliphatic carbocycles. The van der Waals surface area contributed by atoms with Gasteiger partial charge in [0.25, 0.3) is 0 Å². The molecule has 0 atom stereocenters. The fraction of sp³-hybridized carbons (Fsp3) is 0.267. The van der Waals surface area contributed by atoms with Crippen LogP contribution in [0.15, 0.2) is 30.3 Å². The van der Waals surface area contributed by atoms with Gasteiger partial charge in [-0.1, -0.05) is 0 Å². The summed E-state index contributed by atoms with van der Waals surface area (Å²) >= 11 is 3.64. The molecule has 1 aliphatic rings. The van der Waals surface area contributed by atoms with Gasteiger partial charge in [-0.15, -0.1) is 22.7 Å². The fourth-order valence-corrected chi connectivity index (χ4v) is 3.99. The van der Waals surface area contributed by atoms with Crippen LogP contribution in [-0.4, -0.2) is 5.78 Å². The second-order valence-electron chi connectivity index (χ2n) is 4.47. The zero-order chi connectivity index (χ0) is 12.4. The van der Waals surface area contributed by atoms with E-state index in [1.54, 1.807) is 17.4 Å². The highest BCUT2D eigenvalue weighted by Crippen LogP contribution is 2.24. The summed E-state index contributed by atoms with van der Waals surface area (Å²) in [6.07, 6.45) is 7.39. The highest BCUT2D eigenvalue weighted by molar-refractivity contribution is 7.13. The Morgan fingerprint density at radius 1 is 0.722 bits per heavy atom. The smallest absolute Gasteiger partial charge is 0.156 e. The molecule has 3 heterocycles. The second-order valence-corrected chi connectivity index (χ2v) is 6.92. The van der Waals surface area contributed by atoms with Crippen molar-refractivity contribution < 1.29 is 4.79 Å². The number of aryl methyl sites for hydroxylation is 3. The zero-order valence-electron chi connectivity index (χ0n) is 10.0. The van der Waals surface area contributed by atoms with Crippen LogP contribution in [0.4, 0.5) is 0 Å². The van der Waals surface area contributed by atoms with Crippen molar-refractivity contribution in [3.63, 3.8) is 0 Å². The Balaban J connectivity index is 1.89. The van der Waals surface area contributed by atoms with Crippen LogP contribution in [0.25, 0.3) is 6.08 Å². The lowest BCUT2D eigenvalue weighted by Gasteiger charge is -1.95. The normalized spacial score (nSPS) is 17.7. The Labute approximate surface area is 115 Å². The van der Waals surface area contributed by atoms with Crippen molar-refractivity contribution >= 4 is 34.5 Å². The van der Waals surface area contributed by atoms with Crippen LogP contribution in [-0.2, 0) is 24.1 Å². The minimum Gasteiger partial charge on any atom is -0.295 e. The first-order valence-corrected chi connectivity index (χ1v) is 7.80. The molecule has 18 heavy (non-hydrogen) atoms. The van der Waals surface area contributed by atoms with Crippen molar-refractivity contribution in [1.82, 2.24) is 0 Å². The standard InChI is InChI=1S/C15H14OS2/c16-11-1-3-12-5-7-14(17-12)9-10-15-8-6-13(18-15)4-2-11/h1,3,5-8H,2,4,9-10H2/b3-1-. The number of allylic oxidation sites excluding steroid dienone is 1. The molecular weight excluding hydrogens is 260 g/mol. The van der Waals surface area contributed by atoms with Crippen LogP contribution in [0.5, 0.6) is 0 Å². The maximum absolute atomic E-state index is 11.7. The van der Waals surface area contributed by atoms with Crippen LogP contribution < -0.4 is 0 Å². The van der Waals surface area contributed by atoms with Crippen LogP contribution in [0.1, 0.15) is 25.9 Å². The first kappa shape index (κ1) is 11.9. The van der Waals surface area contributed by atoms with Gasteiger partial charge in [-0.3, -0.25) is 4.79 Å². The number of carbonyl (C=O) groups is 1. The van der Waals surface area contributed by atoms with Crippen LogP contribution in [0.2, 0.25) is 0 Å². The molecule has 0 N–H and O–H groups in total. The molecule has 1 aliphatic heterocycles. The van der Waals surface area contributed by atoms with Gasteiger partial charge in [0.2, 0.25) is 0 Å². The van der Waals surface area contributed by atoms with E-state index in [2.05, 4.69) is 24.3 Å². The highest BCUT2D eigenvalue weighted by Gasteiger charge is 2.06. The molecule has 0 fully saturated rings. The Hall–Kier alpha value is -1.19. The van der Waals surface area contributed by atoms with Crippen molar-refractivity contribution in [2.24, 2.45) is 0 Å². The summed E-state index contributed by atoms with van der Waals surface area (Å²) in [4.78, 5) is 17.1. The Bertz CT molecular complexity index is 589. The van der Waals surface area contributed by atoms with Gasteiger partial charge in [0.15, 0.2) is 5.78 Å². The lowest BCUT2D eigenvalue weighted by Crippen LogP contribution is -1.94. The lowest BCUT2D eigenvalue weighted by molar-refractivity contribution is -0.114. The van der Waals surface area contributed by atoms with Gasteiger partial charge in [-0.05, 0) is 55.7 Å². The molecule has 0 amide bonds. The number of hydrogen-bond acceptors (Lipinski definition) is 3. The average molecular weight is 274 g/mol. The van der Waals surface area contributed by atoms with Gasteiger partial charge in [0.05, 0.1) is 0 Å². The molecule has 0 unspecified atom stereocenters. The Morgan fingerprint density at radius 2 is 1.33 bits per heavy atom. The molecule has 3 heteroatoms. The van der Waals surface area contributed by atoms with E-state index in [1.807, 2.05) is 17.4 Å². The molecule has 0 aromatic carbocycles. The van der Waals surface area contributed by atoms with Gasteiger partial charge in [-0.25, -0.2) is 0 Å². The van der Waals surface area contributed by atoms with E-state index in [1.165, 1.54) is 19.5 Å². The monoisotopic (exact) mass is 274 g/mol. The molecule has 2 aromatic heterocycles. The first-order chi connectivity index (χ1) is 8.79. The minimum absolute atomic E-state index is 0.221. The van der Waals surface area contributed by atoms with Gasteiger partial charge in [-0.2, -0.15) is 0 Å². The Kier molecular flexibility index (Phi) is 3.43. The quantitative estimate of drug-likeness (QED) is 0.706. The Morgan fingerprint density at radius 3 is 2.11 bits per heavy atom. The summed E-state index contributed by atoms with van der Waals surface area (Å²) < 4.78 is 0. The van der Waals surface area contributed by atoms with Gasteiger partial charge in [0, 0.05) is 25.9 Å². The minimum atomic E-state index is 0.221. The third kappa shape index (κ3) is 2.79. The van der Waals surface area contributed by atoms with E-state index >= 15 is 0 Å².